The molecular formula is C12H22N4O. The van der Waals surface area contributed by atoms with Gasteiger partial charge in [0.25, 0.3) is 5.56 Å². The van der Waals surface area contributed by atoms with Crippen LogP contribution in [0, 0.1) is 5.92 Å². The molecule has 1 rings (SSSR count). The van der Waals surface area contributed by atoms with E-state index in [1.54, 1.807) is 17.0 Å². The Morgan fingerprint density at radius 1 is 1.47 bits per heavy atom. The van der Waals surface area contributed by atoms with E-state index >= 15 is 0 Å². The zero-order valence-electron chi connectivity index (χ0n) is 11.1. The normalized spacial score (nSPS) is 12.8. The molecular weight excluding hydrogens is 216 g/mol. The van der Waals surface area contributed by atoms with Gasteiger partial charge in [-0.1, -0.05) is 6.92 Å². The molecule has 1 heterocycles. The third-order valence-corrected chi connectivity index (χ3v) is 2.76. The average Bonchev–Trinajstić information content (AvgIpc) is 2.28. The first-order valence-electron chi connectivity index (χ1n) is 5.95. The van der Waals surface area contributed by atoms with E-state index < -0.39 is 0 Å². The molecule has 2 N–H and O–H groups in total. The van der Waals surface area contributed by atoms with Crippen molar-refractivity contribution in [3.05, 3.63) is 22.7 Å². The largest absolute Gasteiger partial charge is 0.355 e. The first-order valence-corrected chi connectivity index (χ1v) is 5.95. The second kappa shape index (κ2) is 5.82. The number of hydrogen-bond donors (Lipinski definition) is 1. The van der Waals surface area contributed by atoms with Crippen LogP contribution in [-0.4, -0.2) is 29.7 Å². The van der Waals surface area contributed by atoms with E-state index in [4.69, 9.17) is 5.73 Å². The summed E-state index contributed by atoms with van der Waals surface area (Å²) >= 11 is 0. The van der Waals surface area contributed by atoms with Gasteiger partial charge in [-0.05, 0) is 26.3 Å². The number of aromatic nitrogens is 2. The minimum absolute atomic E-state index is 0.0470. The molecule has 0 aliphatic carbocycles. The van der Waals surface area contributed by atoms with Gasteiger partial charge in [-0.2, -0.15) is 0 Å². The summed E-state index contributed by atoms with van der Waals surface area (Å²) in [6.07, 6.45) is 3.39. The van der Waals surface area contributed by atoms with E-state index in [1.165, 1.54) is 0 Å². The quantitative estimate of drug-likeness (QED) is 0.826. The summed E-state index contributed by atoms with van der Waals surface area (Å²) in [6.45, 7) is 7.36. The highest BCUT2D eigenvalue weighted by Crippen LogP contribution is 2.06. The molecule has 0 saturated carbocycles. The van der Waals surface area contributed by atoms with Gasteiger partial charge in [0.1, 0.15) is 0 Å². The Balaban J connectivity index is 2.98. The maximum Gasteiger partial charge on any atom is 0.293 e. The third-order valence-electron chi connectivity index (χ3n) is 2.76. The molecule has 0 aliphatic rings. The molecule has 5 heteroatoms. The fourth-order valence-electron chi connectivity index (χ4n) is 1.71. The van der Waals surface area contributed by atoms with Crippen molar-refractivity contribution in [1.29, 1.82) is 0 Å². The molecule has 1 aromatic heterocycles. The molecule has 96 valence electrons. The molecule has 0 aromatic carbocycles. The van der Waals surface area contributed by atoms with Crippen molar-refractivity contribution in [3.8, 4) is 0 Å². The Morgan fingerprint density at radius 3 is 2.65 bits per heavy atom. The van der Waals surface area contributed by atoms with Crippen LogP contribution in [0.2, 0.25) is 0 Å². The molecule has 5 nitrogen and oxygen atoms in total. The summed E-state index contributed by atoms with van der Waals surface area (Å²) in [4.78, 5) is 18.2. The topological polar surface area (TPSA) is 64.2 Å². The molecule has 1 unspecified atom stereocenters. The Kier molecular flexibility index (Phi) is 4.69. The van der Waals surface area contributed by atoms with Crippen molar-refractivity contribution >= 4 is 5.82 Å². The minimum atomic E-state index is -0.0470. The van der Waals surface area contributed by atoms with E-state index in [-0.39, 0.29) is 11.6 Å². The van der Waals surface area contributed by atoms with Gasteiger partial charge < -0.3 is 15.2 Å². The van der Waals surface area contributed by atoms with Crippen LogP contribution in [0.15, 0.2) is 17.2 Å². The van der Waals surface area contributed by atoms with E-state index in [1.807, 2.05) is 25.8 Å². The number of rotatable bonds is 5. The van der Waals surface area contributed by atoms with Gasteiger partial charge in [-0.25, -0.2) is 4.98 Å². The summed E-state index contributed by atoms with van der Waals surface area (Å²) in [6, 6.07) is 0.143. The van der Waals surface area contributed by atoms with E-state index in [0.29, 0.717) is 18.3 Å². The van der Waals surface area contributed by atoms with Gasteiger partial charge in [-0.3, -0.25) is 4.79 Å². The van der Waals surface area contributed by atoms with Gasteiger partial charge in [0.05, 0.1) is 0 Å². The molecule has 0 fully saturated rings. The first-order chi connectivity index (χ1) is 7.97. The van der Waals surface area contributed by atoms with Gasteiger partial charge >= 0.3 is 0 Å². The van der Waals surface area contributed by atoms with Crippen LogP contribution in [0.5, 0.6) is 0 Å². The third kappa shape index (κ3) is 3.30. The van der Waals surface area contributed by atoms with Crippen LogP contribution >= 0.6 is 0 Å². The van der Waals surface area contributed by atoms with Crippen LogP contribution in [0.1, 0.15) is 26.8 Å². The monoisotopic (exact) mass is 238 g/mol. The van der Waals surface area contributed by atoms with E-state index in [0.717, 1.165) is 6.54 Å². The summed E-state index contributed by atoms with van der Waals surface area (Å²) in [5.74, 6) is 0.829. The lowest BCUT2D eigenvalue weighted by atomic mass is 10.2. The molecule has 1 aromatic rings. The lowest BCUT2D eigenvalue weighted by Crippen LogP contribution is -2.35. The average molecular weight is 238 g/mol. The fraction of sp³-hybridized carbons (Fsp3) is 0.667. The molecule has 0 saturated heterocycles. The molecule has 0 amide bonds. The van der Waals surface area contributed by atoms with Crippen molar-refractivity contribution in [1.82, 2.24) is 9.55 Å². The van der Waals surface area contributed by atoms with Crippen molar-refractivity contribution in [2.75, 3.05) is 25.0 Å². The van der Waals surface area contributed by atoms with Crippen LogP contribution in [0.3, 0.4) is 0 Å². The first kappa shape index (κ1) is 13.7. The summed E-state index contributed by atoms with van der Waals surface area (Å²) in [5, 5.41) is 0. The van der Waals surface area contributed by atoms with E-state index in [2.05, 4.69) is 11.9 Å². The minimum Gasteiger partial charge on any atom is -0.355 e. The Bertz CT molecular complexity index is 413. The van der Waals surface area contributed by atoms with Crippen molar-refractivity contribution in [2.45, 2.75) is 26.8 Å². The number of nitrogens with zero attached hydrogens (tertiary/aromatic N) is 3. The second-order valence-electron chi connectivity index (χ2n) is 4.78. The number of anilines is 1. The van der Waals surface area contributed by atoms with Gasteiger partial charge in [0, 0.05) is 32.0 Å². The lowest BCUT2D eigenvalue weighted by molar-refractivity contribution is 0.559. The Labute approximate surface area is 102 Å². The van der Waals surface area contributed by atoms with Crippen molar-refractivity contribution in [3.63, 3.8) is 0 Å². The molecule has 17 heavy (non-hydrogen) atoms. The fourth-order valence-corrected chi connectivity index (χ4v) is 1.71. The Morgan fingerprint density at radius 2 is 2.12 bits per heavy atom. The standard InChI is InChI=1S/C12H22N4O/c1-9(2)16-6-5-14-11(12(16)17)15(4)8-10(3)7-13/h5-6,9-10H,7-8,13H2,1-4H3. The molecule has 1 atom stereocenters. The van der Waals surface area contributed by atoms with Crippen molar-refractivity contribution in [2.24, 2.45) is 11.7 Å². The predicted octanol–water partition coefficient (Wildman–Crippen LogP) is 0.855. The highest BCUT2D eigenvalue weighted by molar-refractivity contribution is 5.34. The van der Waals surface area contributed by atoms with Crippen molar-refractivity contribution < 1.29 is 0 Å². The Hall–Kier alpha value is -1.36. The lowest BCUT2D eigenvalue weighted by Gasteiger charge is -2.22. The van der Waals surface area contributed by atoms with Crippen LogP contribution in [0.25, 0.3) is 0 Å². The van der Waals surface area contributed by atoms with Crippen LogP contribution in [0.4, 0.5) is 5.82 Å². The molecule has 0 spiro atoms. The molecule has 0 aliphatic heterocycles. The summed E-state index contributed by atoms with van der Waals surface area (Å²) in [7, 11) is 1.88. The van der Waals surface area contributed by atoms with Crippen LogP contribution < -0.4 is 16.2 Å². The maximum atomic E-state index is 12.1. The molecule has 0 radical (unpaired) electrons. The number of nitrogens with two attached hydrogens (primary N) is 1. The SMILES string of the molecule is CC(CN)CN(C)c1nccn(C(C)C)c1=O. The van der Waals surface area contributed by atoms with Gasteiger partial charge in [-0.15, -0.1) is 0 Å². The number of hydrogen-bond acceptors (Lipinski definition) is 4. The highest BCUT2D eigenvalue weighted by Gasteiger charge is 2.13. The van der Waals surface area contributed by atoms with Gasteiger partial charge in [0.2, 0.25) is 0 Å². The maximum absolute atomic E-state index is 12.1. The van der Waals surface area contributed by atoms with Gasteiger partial charge in [0.15, 0.2) is 5.82 Å². The highest BCUT2D eigenvalue weighted by atomic mass is 16.1. The predicted molar refractivity (Wildman–Crippen MR) is 70.4 cm³/mol. The smallest absolute Gasteiger partial charge is 0.293 e. The second-order valence-corrected chi connectivity index (χ2v) is 4.78. The zero-order valence-corrected chi connectivity index (χ0v) is 11.1. The summed E-state index contributed by atoms with van der Waals surface area (Å²) < 4.78 is 1.69. The summed E-state index contributed by atoms with van der Waals surface area (Å²) in [5.41, 5.74) is 5.54. The molecule has 0 bridgehead atoms. The van der Waals surface area contributed by atoms with Crippen LogP contribution in [-0.2, 0) is 0 Å². The zero-order chi connectivity index (χ0) is 13.0. The van der Waals surface area contributed by atoms with E-state index in [9.17, 15) is 4.79 Å².